The number of Topliss-reactive ketones (excluding diaryl/α,β-unsaturated/α-hetero) is 1. The molecule has 12 nitrogen and oxygen atoms in total. The van der Waals surface area contributed by atoms with Crippen molar-refractivity contribution in [3.63, 3.8) is 0 Å². The Kier molecular flexibility index (Phi) is 13.6. The summed E-state index contributed by atoms with van der Waals surface area (Å²) < 4.78 is 18.9. The van der Waals surface area contributed by atoms with E-state index in [1.165, 1.54) is 11.1 Å². The van der Waals surface area contributed by atoms with E-state index in [2.05, 4.69) is 43.5 Å². The SMILES string of the molecule is COc1cc2c(cc1OCc1cc(COc3cc4c(cc3C)C(=O)N3c5ccccc5C[C@H]3CC4)cc(NC(=O)[C@@H](C)CC(=O)[C@H](C)NC(=O)CCC(C)(C)C)c1)CC[C@@H]1Cc3ccccc3N1C2=O. The van der Waals surface area contributed by atoms with Crippen molar-refractivity contribution in [1.82, 2.24) is 5.32 Å². The van der Waals surface area contributed by atoms with Crippen molar-refractivity contribution in [2.45, 2.75) is 131 Å². The number of aryl methyl sites for hydroxylation is 3. The Morgan fingerprint density at radius 2 is 1.24 bits per heavy atom. The number of methoxy groups -OCH3 is 1. The van der Waals surface area contributed by atoms with E-state index in [0.29, 0.717) is 53.3 Å². The molecule has 4 atom stereocenters. The predicted molar refractivity (Wildman–Crippen MR) is 271 cm³/mol. The van der Waals surface area contributed by atoms with Gasteiger partial charge in [-0.2, -0.15) is 0 Å². The second kappa shape index (κ2) is 19.8. The summed E-state index contributed by atoms with van der Waals surface area (Å²) in [6, 6.07) is 29.0. The summed E-state index contributed by atoms with van der Waals surface area (Å²) in [6.07, 6.45) is 5.71. The number of ether oxygens (including phenoxy) is 3. The highest BCUT2D eigenvalue weighted by Gasteiger charge is 2.39. The molecular formula is C58H64N4O8. The lowest BCUT2D eigenvalue weighted by molar-refractivity contribution is -0.129. The molecule has 2 N–H and O–H groups in total. The molecule has 0 radical (unpaired) electrons. The van der Waals surface area contributed by atoms with Crippen LogP contribution in [0.15, 0.2) is 91.0 Å². The number of rotatable bonds is 15. The maximum atomic E-state index is 14.1. The number of benzene rings is 5. The van der Waals surface area contributed by atoms with E-state index in [0.717, 1.165) is 71.3 Å². The first-order chi connectivity index (χ1) is 33.5. The topological polar surface area (TPSA) is 144 Å². The fraction of sp³-hybridized carbons (Fsp3) is 0.397. The van der Waals surface area contributed by atoms with Crippen LogP contribution in [0.3, 0.4) is 0 Å². The Hall–Kier alpha value is -6.95. The molecule has 0 saturated heterocycles. The summed E-state index contributed by atoms with van der Waals surface area (Å²) in [5, 5.41) is 5.84. The third-order valence-corrected chi connectivity index (χ3v) is 14.4. The van der Waals surface area contributed by atoms with E-state index in [1.807, 2.05) is 89.5 Å². The third kappa shape index (κ3) is 10.2. The van der Waals surface area contributed by atoms with Crippen LogP contribution in [0.5, 0.6) is 17.2 Å². The minimum atomic E-state index is -0.729. The van der Waals surface area contributed by atoms with E-state index < -0.39 is 12.0 Å². The minimum absolute atomic E-state index is 0.0123. The first-order valence-corrected chi connectivity index (χ1v) is 24.7. The quantitative estimate of drug-likeness (QED) is 0.106. The first kappa shape index (κ1) is 48.1. The van der Waals surface area contributed by atoms with Crippen molar-refractivity contribution in [1.29, 1.82) is 0 Å². The third-order valence-electron chi connectivity index (χ3n) is 14.4. The van der Waals surface area contributed by atoms with Crippen molar-refractivity contribution in [2.24, 2.45) is 11.3 Å². The number of fused-ring (bicyclic) bond motifs is 8. The van der Waals surface area contributed by atoms with Crippen LogP contribution in [0.2, 0.25) is 0 Å². The number of anilines is 3. The number of carbonyl (C=O) groups is 5. The fourth-order valence-electron chi connectivity index (χ4n) is 10.5. The van der Waals surface area contributed by atoms with Crippen LogP contribution in [0, 0.1) is 18.3 Å². The number of amides is 4. The highest BCUT2D eigenvalue weighted by Crippen LogP contribution is 2.42. The van der Waals surface area contributed by atoms with Gasteiger partial charge < -0.3 is 34.6 Å². The van der Waals surface area contributed by atoms with Crippen molar-refractivity contribution < 1.29 is 38.2 Å². The van der Waals surface area contributed by atoms with Gasteiger partial charge in [-0.25, -0.2) is 0 Å². The van der Waals surface area contributed by atoms with Crippen LogP contribution in [0.4, 0.5) is 17.1 Å². The van der Waals surface area contributed by atoms with Crippen LogP contribution >= 0.6 is 0 Å². The molecule has 5 aromatic rings. The van der Waals surface area contributed by atoms with Crippen LogP contribution in [-0.2, 0) is 53.3 Å². The molecule has 12 heteroatoms. The van der Waals surface area contributed by atoms with Gasteiger partial charge in [0.1, 0.15) is 19.0 Å². The van der Waals surface area contributed by atoms with Crippen LogP contribution in [0.25, 0.3) is 0 Å². The minimum Gasteiger partial charge on any atom is -0.493 e. The van der Waals surface area contributed by atoms with Gasteiger partial charge in [0.05, 0.1) is 13.2 Å². The largest absolute Gasteiger partial charge is 0.493 e. The molecule has 9 rings (SSSR count). The monoisotopic (exact) mass is 944 g/mol. The van der Waals surface area contributed by atoms with Crippen molar-refractivity contribution in [3.05, 3.63) is 141 Å². The van der Waals surface area contributed by atoms with E-state index >= 15 is 0 Å². The molecule has 0 spiro atoms. The summed E-state index contributed by atoms with van der Waals surface area (Å²) in [6.45, 7) is 11.7. The zero-order valence-corrected chi connectivity index (χ0v) is 41.4. The smallest absolute Gasteiger partial charge is 0.258 e. The summed E-state index contributed by atoms with van der Waals surface area (Å²) in [7, 11) is 1.56. The molecule has 70 heavy (non-hydrogen) atoms. The second-order valence-electron chi connectivity index (χ2n) is 20.9. The molecular weight excluding hydrogens is 881 g/mol. The van der Waals surface area contributed by atoms with Gasteiger partial charge in [-0.1, -0.05) is 64.1 Å². The number of hydrogen-bond donors (Lipinski definition) is 2. The first-order valence-electron chi connectivity index (χ1n) is 24.7. The highest BCUT2D eigenvalue weighted by molar-refractivity contribution is 6.10. The van der Waals surface area contributed by atoms with Crippen molar-refractivity contribution in [2.75, 3.05) is 22.2 Å². The van der Waals surface area contributed by atoms with Crippen LogP contribution < -0.4 is 34.6 Å². The molecule has 4 aliphatic rings. The predicted octanol–water partition coefficient (Wildman–Crippen LogP) is 10.1. The van der Waals surface area contributed by atoms with E-state index in [4.69, 9.17) is 14.2 Å². The Morgan fingerprint density at radius 1 is 0.700 bits per heavy atom. The number of nitrogens with zero attached hydrogens (tertiary/aromatic N) is 2. The maximum absolute atomic E-state index is 14.1. The Bertz CT molecular complexity index is 2880. The van der Waals surface area contributed by atoms with Gasteiger partial charge >= 0.3 is 0 Å². The van der Waals surface area contributed by atoms with Crippen molar-refractivity contribution >= 4 is 46.5 Å². The Balaban J connectivity index is 0.937. The lowest BCUT2D eigenvalue weighted by atomic mass is 9.90. The molecule has 0 aliphatic carbocycles. The molecule has 0 fully saturated rings. The van der Waals surface area contributed by atoms with Gasteiger partial charge in [0.25, 0.3) is 11.8 Å². The molecule has 0 aromatic heterocycles. The highest BCUT2D eigenvalue weighted by atomic mass is 16.5. The molecule has 0 unspecified atom stereocenters. The van der Waals surface area contributed by atoms with Gasteiger partial charge in [-0.3, -0.25) is 24.0 Å². The number of nitrogens with one attached hydrogen (secondary N) is 2. The molecule has 0 bridgehead atoms. The van der Waals surface area contributed by atoms with Gasteiger partial charge in [0, 0.05) is 59.0 Å². The lowest BCUT2D eigenvalue weighted by Crippen LogP contribution is -2.40. The van der Waals surface area contributed by atoms with Gasteiger partial charge in [0.2, 0.25) is 11.8 Å². The molecule has 5 aromatic carbocycles. The number of ketones is 1. The zero-order valence-electron chi connectivity index (χ0n) is 41.4. The standard InChI is InChI=1S/C58H64N4O8/c1-34-22-46-39(16-18-44-27-41-12-8-10-14-48(41)61(44)56(46)66)29-51(34)69-32-37-24-38(26-43(25-37)60-55(65)35(2)23-50(63)36(3)59-54(64)20-21-58(4,5)6)33-70-53-30-40-17-19-45-28-42-13-9-11-15-49(42)62(45)57(67)47(40)31-52(53)68-7/h8-15,22,24-26,29-31,35-36,44-45H,16-21,23,27-28,32-33H2,1-7H3,(H,59,64)(H,60,65)/t35-,36-,44+,45+/m0/s1. The fourth-order valence-corrected chi connectivity index (χ4v) is 10.5. The zero-order chi connectivity index (χ0) is 49.4. The molecule has 0 saturated carbocycles. The summed E-state index contributed by atoms with van der Waals surface area (Å²) >= 11 is 0. The van der Waals surface area contributed by atoms with Gasteiger partial charge in [0.15, 0.2) is 17.3 Å². The average molecular weight is 945 g/mol. The summed E-state index contributed by atoms with van der Waals surface area (Å²) in [5.74, 6) is 0.111. The van der Waals surface area contributed by atoms with Crippen LogP contribution in [0.1, 0.15) is 126 Å². The van der Waals surface area contributed by atoms with Crippen molar-refractivity contribution in [3.8, 4) is 17.2 Å². The van der Waals surface area contributed by atoms with E-state index in [1.54, 1.807) is 27.0 Å². The maximum Gasteiger partial charge on any atom is 0.258 e. The number of hydrogen-bond acceptors (Lipinski definition) is 8. The van der Waals surface area contributed by atoms with Gasteiger partial charge in [-0.15, -0.1) is 0 Å². The van der Waals surface area contributed by atoms with Gasteiger partial charge in [-0.05, 0) is 158 Å². The lowest BCUT2D eigenvalue weighted by Gasteiger charge is -2.23. The number of para-hydroxylation sites is 2. The molecule has 4 aliphatic heterocycles. The Morgan fingerprint density at radius 3 is 1.81 bits per heavy atom. The van der Waals surface area contributed by atoms with E-state index in [-0.39, 0.29) is 66.5 Å². The van der Waals surface area contributed by atoms with E-state index in [9.17, 15) is 24.0 Å². The summed E-state index contributed by atoms with van der Waals surface area (Å²) in [5.41, 5.74) is 10.3. The molecule has 4 amide bonds. The normalized spacial score (nSPS) is 17.6. The molecule has 364 valence electrons. The average Bonchev–Trinajstić information content (AvgIpc) is 3.83. The summed E-state index contributed by atoms with van der Waals surface area (Å²) in [4.78, 5) is 71.8. The molecule has 4 heterocycles. The second-order valence-corrected chi connectivity index (χ2v) is 20.9. The van der Waals surface area contributed by atoms with Crippen LogP contribution in [-0.4, -0.2) is 54.6 Å². The number of carbonyl (C=O) groups excluding carboxylic acids is 5. The Labute approximate surface area is 411 Å².